The average Bonchev–Trinajstić information content (AvgIpc) is 2.98. The first-order valence-electron chi connectivity index (χ1n) is 12.1. The van der Waals surface area contributed by atoms with E-state index in [1.54, 1.807) is 30.3 Å². The highest BCUT2D eigenvalue weighted by molar-refractivity contribution is 6.15. The van der Waals surface area contributed by atoms with Crippen LogP contribution in [0, 0.1) is 0 Å². The smallest absolute Gasteiger partial charge is 0.343 e. The molecule has 3 aromatic rings. The van der Waals surface area contributed by atoms with Gasteiger partial charge in [-0.3, -0.25) is 4.79 Å². The molecule has 1 aliphatic heterocycles. The Kier molecular flexibility index (Phi) is 7.38. The number of carbonyl (C=O) groups is 2. The van der Waals surface area contributed by atoms with Crippen molar-refractivity contribution in [3.8, 4) is 17.2 Å². The molecule has 3 N–H and O–H groups in total. The van der Waals surface area contributed by atoms with Gasteiger partial charge in [0.25, 0.3) is 5.91 Å². The van der Waals surface area contributed by atoms with Crippen molar-refractivity contribution in [3.63, 3.8) is 0 Å². The summed E-state index contributed by atoms with van der Waals surface area (Å²) < 4.78 is 5.72. The minimum Gasteiger partial charge on any atom is -0.508 e. The molecular weight excluding hydrogens is 470 g/mol. The number of hydrogen-bond acceptors (Lipinski definition) is 7. The molecular formula is C29H31N3O5. The third kappa shape index (κ3) is 5.38. The molecule has 0 radical (unpaired) electrons. The van der Waals surface area contributed by atoms with Crippen LogP contribution < -0.4 is 19.9 Å². The maximum atomic E-state index is 13.8. The van der Waals surface area contributed by atoms with Crippen molar-refractivity contribution in [2.75, 3.05) is 35.8 Å². The molecule has 8 heteroatoms. The van der Waals surface area contributed by atoms with Crippen molar-refractivity contribution < 1.29 is 24.5 Å². The second-order valence-corrected chi connectivity index (χ2v) is 9.21. The number of aromatic hydroxyl groups is 2. The summed E-state index contributed by atoms with van der Waals surface area (Å²) in [6.07, 6.45) is 3.83. The van der Waals surface area contributed by atoms with Gasteiger partial charge in [0.05, 0.1) is 22.5 Å². The molecule has 37 heavy (non-hydrogen) atoms. The van der Waals surface area contributed by atoms with Crippen molar-refractivity contribution in [1.29, 1.82) is 0 Å². The van der Waals surface area contributed by atoms with E-state index in [-0.39, 0.29) is 46.6 Å². The van der Waals surface area contributed by atoms with Gasteiger partial charge < -0.3 is 30.1 Å². The zero-order chi connectivity index (χ0) is 26.7. The van der Waals surface area contributed by atoms with Crippen LogP contribution in [0.15, 0.2) is 66.2 Å². The van der Waals surface area contributed by atoms with E-state index < -0.39 is 5.97 Å². The fourth-order valence-corrected chi connectivity index (χ4v) is 4.22. The summed E-state index contributed by atoms with van der Waals surface area (Å²) in [6, 6.07) is 14.5. The van der Waals surface area contributed by atoms with Crippen LogP contribution in [0.3, 0.4) is 0 Å². The number of phenolic OH excluding ortho intramolecular Hbond substituents is 2. The second-order valence-electron chi connectivity index (χ2n) is 9.21. The number of carbonyl (C=O) groups excluding carboxylic acids is 2. The van der Waals surface area contributed by atoms with E-state index in [2.05, 4.69) is 12.2 Å². The maximum Gasteiger partial charge on any atom is 0.343 e. The minimum atomic E-state index is -0.581. The van der Waals surface area contributed by atoms with Crippen molar-refractivity contribution in [2.24, 2.45) is 0 Å². The second kappa shape index (κ2) is 10.7. The van der Waals surface area contributed by atoms with Crippen LogP contribution >= 0.6 is 0 Å². The summed E-state index contributed by atoms with van der Waals surface area (Å²) in [7, 11) is 3.82. The van der Waals surface area contributed by atoms with Crippen molar-refractivity contribution >= 4 is 34.6 Å². The summed E-state index contributed by atoms with van der Waals surface area (Å²) in [5, 5.41) is 24.0. The highest BCUT2D eigenvalue weighted by Crippen LogP contribution is 2.46. The van der Waals surface area contributed by atoms with E-state index in [0.717, 1.165) is 24.1 Å². The molecule has 4 rings (SSSR count). The molecule has 0 saturated heterocycles. The topological polar surface area (TPSA) is 102 Å². The number of rotatable bonds is 7. The van der Waals surface area contributed by atoms with Crippen LogP contribution in [-0.4, -0.2) is 42.7 Å². The Labute approximate surface area is 216 Å². The Bertz CT molecular complexity index is 1360. The number of amides is 1. The number of hydrogen-bond donors (Lipinski definition) is 3. The predicted molar refractivity (Wildman–Crippen MR) is 146 cm³/mol. The Morgan fingerprint density at radius 2 is 1.81 bits per heavy atom. The molecule has 0 atom stereocenters. The first kappa shape index (κ1) is 25.6. The molecule has 3 aromatic carbocycles. The lowest BCUT2D eigenvalue weighted by molar-refractivity contribution is 0.0735. The number of nitrogens with zero attached hydrogens (tertiary/aromatic N) is 2. The quantitative estimate of drug-likeness (QED) is 0.123. The van der Waals surface area contributed by atoms with E-state index in [4.69, 9.17) is 4.74 Å². The van der Waals surface area contributed by atoms with Gasteiger partial charge in [-0.15, -0.1) is 0 Å². The van der Waals surface area contributed by atoms with Crippen LogP contribution in [0.4, 0.5) is 22.7 Å². The predicted octanol–water partition coefficient (Wildman–Crippen LogP) is 5.83. The van der Waals surface area contributed by atoms with Gasteiger partial charge in [-0.2, -0.15) is 0 Å². The van der Waals surface area contributed by atoms with Gasteiger partial charge in [0.1, 0.15) is 17.2 Å². The summed E-state index contributed by atoms with van der Waals surface area (Å²) in [5.74, 6) is -1.22. The standard InChI is InChI=1S/C29H31N3O5/c1-5-7-18(2)14-15-32-23-16-21(33)17-24(34)27(23)30-26-22(28(32)35)8-6-9-25(26)37-29(36)19-10-12-20(13-11-19)31(3)4/h6,8-14,16-17,30,33-34H,5,7,15H2,1-4H3. The number of ether oxygens (including phenoxy) is 1. The number of fused-ring (bicyclic) bond motifs is 2. The average molecular weight is 502 g/mol. The number of anilines is 4. The molecule has 1 aliphatic rings. The number of phenols is 2. The number of benzene rings is 3. The van der Waals surface area contributed by atoms with Gasteiger partial charge in [-0.25, -0.2) is 4.79 Å². The largest absolute Gasteiger partial charge is 0.508 e. The zero-order valence-electron chi connectivity index (χ0n) is 21.4. The summed E-state index contributed by atoms with van der Waals surface area (Å²) in [5.41, 5.74) is 3.49. The van der Waals surface area contributed by atoms with E-state index >= 15 is 0 Å². The van der Waals surface area contributed by atoms with Gasteiger partial charge >= 0.3 is 5.97 Å². The first-order valence-corrected chi connectivity index (χ1v) is 12.1. The highest BCUT2D eigenvalue weighted by atomic mass is 16.5. The molecule has 8 nitrogen and oxygen atoms in total. The molecule has 0 saturated carbocycles. The zero-order valence-corrected chi connectivity index (χ0v) is 21.4. The summed E-state index contributed by atoms with van der Waals surface area (Å²) in [4.78, 5) is 30.1. The molecule has 192 valence electrons. The molecule has 0 aliphatic carbocycles. The van der Waals surface area contributed by atoms with Crippen LogP contribution in [0.2, 0.25) is 0 Å². The lowest BCUT2D eigenvalue weighted by atomic mass is 10.1. The van der Waals surface area contributed by atoms with Crippen LogP contribution in [-0.2, 0) is 0 Å². The molecule has 1 amide bonds. The van der Waals surface area contributed by atoms with E-state index in [1.807, 2.05) is 44.1 Å². The van der Waals surface area contributed by atoms with Gasteiger partial charge in [0.15, 0.2) is 5.75 Å². The lowest BCUT2D eigenvalue weighted by Gasteiger charge is -2.22. The monoisotopic (exact) mass is 501 g/mol. The van der Waals surface area contributed by atoms with E-state index in [0.29, 0.717) is 11.3 Å². The molecule has 0 aromatic heterocycles. The number of allylic oxidation sites excluding steroid dienone is 1. The molecule has 0 fully saturated rings. The Balaban J connectivity index is 1.75. The van der Waals surface area contributed by atoms with Crippen LogP contribution in [0.25, 0.3) is 0 Å². The SMILES string of the molecule is CCCC(C)=CCN1C(=O)c2cccc(OC(=O)c3ccc(N(C)C)cc3)c2Nc2c(O)cc(O)cc21. The number of esters is 1. The van der Waals surface area contributed by atoms with Crippen molar-refractivity contribution in [3.05, 3.63) is 77.4 Å². The Morgan fingerprint density at radius 1 is 1.08 bits per heavy atom. The maximum absolute atomic E-state index is 13.8. The molecule has 1 heterocycles. The van der Waals surface area contributed by atoms with Gasteiger partial charge in [0, 0.05) is 38.5 Å². The molecule has 0 unspecified atom stereocenters. The van der Waals surface area contributed by atoms with Crippen molar-refractivity contribution in [2.45, 2.75) is 26.7 Å². The summed E-state index contributed by atoms with van der Waals surface area (Å²) in [6.45, 7) is 4.32. The van der Waals surface area contributed by atoms with E-state index in [9.17, 15) is 19.8 Å². The van der Waals surface area contributed by atoms with Gasteiger partial charge in [-0.1, -0.05) is 31.1 Å². The van der Waals surface area contributed by atoms with Gasteiger partial charge in [-0.05, 0) is 49.7 Å². The third-order valence-corrected chi connectivity index (χ3v) is 6.21. The third-order valence-electron chi connectivity index (χ3n) is 6.21. The molecule has 0 spiro atoms. The Morgan fingerprint density at radius 3 is 2.49 bits per heavy atom. The lowest BCUT2D eigenvalue weighted by Crippen LogP contribution is -2.30. The minimum absolute atomic E-state index is 0.144. The molecule has 0 bridgehead atoms. The number of nitrogens with one attached hydrogen (secondary N) is 1. The van der Waals surface area contributed by atoms with Crippen molar-refractivity contribution in [1.82, 2.24) is 0 Å². The Hall–Kier alpha value is -4.46. The van der Waals surface area contributed by atoms with E-state index in [1.165, 1.54) is 17.0 Å². The summed E-state index contributed by atoms with van der Waals surface area (Å²) >= 11 is 0. The highest BCUT2D eigenvalue weighted by Gasteiger charge is 2.31. The number of para-hydroxylation sites is 1. The van der Waals surface area contributed by atoms with Crippen LogP contribution in [0.5, 0.6) is 17.2 Å². The first-order chi connectivity index (χ1) is 17.7. The van der Waals surface area contributed by atoms with Gasteiger partial charge in [0.2, 0.25) is 0 Å². The fourth-order valence-electron chi connectivity index (χ4n) is 4.22. The fraction of sp³-hybridized carbons (Fsp3) is 0.241. The van der Waals surface area contributed by atoms with Crippen LogP contribution in [0.1, 0.15) is 47.4 Å². The normalized spacial score (nSPS) is 12.8.